The number of carboxylic acids is 1. The highest BCUT2D eigenvalue weighted by molar-refractivity contribution is 7.11. The minimum atomic E-state index is -0.988. The average Bonchev–Trinajstić information content (AvgIpc) is 2.95. The predicted molar refractivity (Wildman–Crippen MR) is 85.3 cm³/mol. The minimum absolute atomic E-state index is 0.116. The Hall–Kier alpha value is -2.21. The van der Waals surface area contributed by atoms with Crippen LogP contribution in [0.4, 0.5) is 0 Å². The van der Waals surface area contributed by atoms with E-state index in [2.05, 4.69) is 17.2 Å². The molecular formula is C16H18N2O3S. The third kappa shape index (κ3) is 4.66. The minimum Gasteiger partial charge on any atom is -0.478 e. The smallest absolute Gasteiger partial charge is 0.335 e. The molecule has 0 bridgehead atoms. The summed E-state index contributed by atoms with van der Waals surface area (Å²) >= 11 is 1.67. The molecule has 2 N–H and O–H groups in total. The van der Waals surface area contributed by atoms with Crippen LogP contribution in [-0.4, -0.2) is 28.5 Å². The Balaban J connectivity index is 1.80. The SMILES string of the molecule is CCc1cnc(CCNC(=O)Cc2cccc(C(=O)O)c2)s1. The summed E-state index contributed by atoms with van der Waals surface area (Å²) in [5, 5.41) is 12.8. The van der Waals surface area contributed by atoms with Crippen LogP contribution in [0, 0.1) is 0 Å². The molecule has 1 aromatic heterocycles. The fourth-order valence-corrected chi connectivity index (χ4v) is 2.86. The maximum Gasteiger partial charge on any atom is 0.335 e. The first kappa shape index (κ1) is 16.2. The van der Waals surface area contributed by atoms with Crippen LogP contribution in [0.25, 0.3) is 0 Å². The van der Waals surface area contributed by atoms with Crippen molar-refractivity contribution in [3.63, 3.8) is 0 Å². The normalized spacial score (nSPS) is 10.4. The summed E-state index contributed by atoms with van der Waals surface area (Å²) in [5.74, 6) is -1.10. The van der Waals surface area contributed by atoms with Gasteiger partial charge < -0.3 is 10.4 Å². The Morgan fingerprint density at radius 1 is 1.36 bits per heavy atom. The Kier molecular flexibility index (Phi) is 5.66. The van der Waals surface area contributed by atoms with E-state index in [0.717, 1.165) is 11.4 Å². The quantitative estimate of drug-likeness (QED) is 0.821. The molecule has 1 heterocycles. The van der Waals surface area contributed by atoms with E-state index in [9.17, 15) is 9.59 Å². The van der Waals surface area contributed by atoms with E-state index >= 15 is 0 Å². The second-order valence-electron chi connectivity index (χ2n) is 4.86. The molecule has 1 amide bonds. The number of carbonyl (C=O) groups excluding carboxylic acids is 1. The molecule has 0 atom stereocenters. The first-order valence-electron chi connectivity index (χ1n) is 7.11. The van der Waals surface area contributed by atoms with Gasteiger partial charge in [0.25, 0.3) is 0 Å². The Labute approximate surface area is 133 Å². The molecule has 0 aliphatic rings. The number of thiazole rings is 1. The van der Waals surface area contributed by atoms with Gasteiger partial charge in [-0.2, -0.15) is 0 Å². The summed E-state index contributed by atoms with van der Waals surface area (Å²) in [5.41, 5.74) is 0.889. The van der Waals surface area contributed by atoms with Crippen LogP contribution in [0.1, 0.15) is 32.7 Å². The number of hydrogen-bond donors (Lipinski definition) is 2. The summed E-state index contributed by atoms with van der Waals surface area (Å²) in [6.07, 6.45) is 3.74. The van der Waals surface area contributed by atoms with Crippen molar-refractivity contribution in [3.8, 4) is 0 Å². The molecule has 0 unspecified atom stereocenters. The lowest BCUT2D eigenvalue weighted by molar-refractivity contribution is -0.120. The Morgan fingerprint density at radius 2 is 2.18 bits per heavy atom. The summed E-state index contributed by atoms with van der Waals surface area (Å²) in [4.78, 5) is 28.3. The number of nitrogens with one attached hydrogen (secondary N) is 1. The second-order valence-corrected chi connectivity index (χ2v) is 6.06. The number of rotatable bonds is 7. The van der Waals surface area contributed by atoms with E-state index in [-0.39, 0.29) is 17.9 Å². The van der Waals surface area contributed by atoms with Crippen molar-refractivity contribution in [1.29, 1.82) is 0 Å². The van der Waals surface area contributed by atoms with Gasteiger partial charge in [-0.25, -0.2) is 9.78 Å². The summed E-state index contributed by atoms with van der Waals surface area (Å²) in [6, 6.07) is 6.43. The van der Waals surface area contributed by atoms with Crippen molar-refractivity contribution in [2.75, 3.05) is 6.54 Å². The van der Waals surface area contributed by atoms with Gasteiger partial charge in [0, 0.05) is 24.0 Å². The van der Waals surface area contributed by atoms with Crippen LogP contribution in [-0.2, 0) is 24.1 Å². The lowest BCUT2D eigenvalue weighted by Gasteiger charge is -2.05. The molecule has 0 aliphatic heterocycles. The first-order chi connectivity index (χ1) is 10.6. The van der Waals surface area contributed by atoms with E-state index < -0.39 is 5.97 Å². The highest BCUT2D eigenvalue weighted by Gasteiger charge is 2.07. The van der Waals surface area contributed by atoms with Crippen molar-refractivity contribution in [3.05, 3.63) is 51.5 Å². The highest BCUT2D eigenvalue weighted by Crippen LogP contribution is 2.13. The zero-order chi connectivity index (χ0) is 15.9. The molecule has 6 heteroatoms. The number of amides is 1. The number of benzene rings is 1. The monoisotopic (exact) mass is 318 g/mol. The van der Waals surface area contributed by atoms with Crippen LogP contribution in [0.5, 0.6) is 0 Å². The molecule has 5 nitrogen and oxygen atoms in total. The summed E-state index contributed by atoms with van der Waals surface area (Å²) in [6.45, 7) is 2.62. The lowest BCUT2D eigenvalue weighted by Crippen LogP contribution is -2.27. The summed E-state index contributed by atoms with van der Waals surface area (Å²) in [7, 11) is 0. The maximum atomic E-state index is 11.9. The second kappa shape index (κ2) is 7.70. The predicted octanol–water partition coefficient (Wildman–Crippen LogP) is 2.31. The van der Waals surface area contributed by atoms with Crippen molar-refractivity contribution in [1.82, 2.24) is 10.3 Å². The van der Waals surface area contributed by atoms with Gasteiger partial charge in [0.1, 0.15) is 0 Å². The van der Waals surface area contributed by atoms with Gasteiger partial charge in [-0.05, 0) is 24.1 Å². The van der Waals surface area contributed by atoms with Crippen molar-refractivity contribution in [2.24, 2.45) is 0 Å². The Morgan fingerprint density at radius 3 is 2.86 bits per heavy atom. The van der Waals surface area contributed by atoms with E-state index in [1.165, 1.54) is 17.0 Å². The highest BCUT2D eigenvalue weighted by atomic mass is 32.1. The van der Waals surface area contributed by atoms with Gasteiger partial charge in [-0.3, -0.25) is 4.79 Å². The molecular weight excluding hydrogens is 300 g/mol. The van der Waals surface area contributed by atoms with Crippen LogP contribution in [0.3, 0.4) is 0 Å². The number of aryl methyl sites for hydroxylation is 1. The third-order valence-electron chi connectivity index (χ3n) is 3.15. The van der Waals surface area contributed by atoms with E-state index in [4.69, 9.17) is 5.11 Å². The Bertz CT molecular complexity index is 667. The van der Waals surface area contributed by atoms with E-state index in [1.807, 2.05) is 6.20 Å². The van der Waals surface area contributed by atoms with Crippen LogP contribution in [0.15, 0.2) is 30.5 Å². The zero-order valence-electron chi connectivity index (χ0n) is 12.3. The molecule has 116 valence electrons. The van der Waals surface area contributed by atoms with Crippen LogP contribution in [0.2, 0.25) is 0 Å². The van der Waals surface area contributed by atoms with Gasteiger partial charge in [0.2, 0.25) is 5.91 Å². The van der Waals surface area contributed by atoms with Crippen molar-refractivity contribution in [2.45, 2.75) is 26.2 Å². The van der Waals surface area contributed by atoms with Crippen molar-refractivity contribution >= 4 is 23.2 Å². The number of carboxylic acid groups (broad SMARTS) is 1. The number of hydrogen-bond acceptors (Lipinski definition) is 4. The molecule has 2 aromatic rings. The maximum absolute atomic E-state index is 11.9. The van der Waals surface area contributed by atoms with Gasteiger partial charge >= 0.3 is 5.97 Å². The third-order valence-corrected chi connectivity index (χ3v) is 4.35. The zero-order valence-corrected chi connectivity index (χ0v) is 13.2. The van der Waals surface area contributed by atoms with Gasteiger partial charge in [-0.15, -0.1) is 11.3 Å². The number of nitrogens with zero attached hydrogens (tertiary/aromatic N) is 1. The fraction of sp³-hybridized carbons (Fsp3) is 0.312. The molecule has 0 saturated carbocycles. The number of carbonyl (C=O) groups is 2. The van der Waals surface area contributed by atoms with E-state index in [0.29, 0.717) is 18.5 Å². The largest absolute Gasteiger partial charge is 0.478 e. The topological polar surface area (TPSA) is 79.3 Å². The molecule has 0 fully saturated rings. The van der Waals surface area contributed by atoms with Crippen LogP contribution < -0.4 is 5.32 Å². The molecule has 2 rings (SSSR count). The van der Waals surface area contributed by atoms with Crippen LogP contribution >= 0.6 is 11.3 Å². The average molecular weight is 318 g/mol. The summed E-state index contributed by atoms with van der Waals surface area (Å²) < 4.78 is 0. The molecule has 0 saturated heterocycles. The molecule has 22 heavy (non-hydrogen) atoms. The van der Waals surface area contributed by atoms with E-state index in [1.54, 1.807) is 23.5 Å². The number of aromatic carboxylic acids is 1. The standard InChI is InChI=1S/C16H18N2O3S/c1-2-13-10-18-15(22-13)6-7-17-14(19)9-11-4-3-5-12(8-11)16(20)21/h3-5,8,10H,2,6-7,9H2,1H3,(H,17,19)(H,20,21). The molecule has 0 spiro atoms. The molecule has 0 aliphatic carbocycles. The lowest BCUT2D eigenvalue weighted by atomic mass is 10.1. The first-order valence-corrected chi connectivity index (χ1v) is 7.92. The van der Waals surface area contributed by atoms with Crippen molar-refractivity contribution < 1.29 is 14.7 Å². The molecule has 1 aromatic carbocycles. The molecule has 0 radical (unpaired) electrons. The van der Waals surface area contributed by atoms with Gasteiger partial charge in [0.05, 0.1) is 17.0 Å². The fourth-order valence-electron chi connectivity index (χ4n) is 2.00. The number of aromatic nitrogens is 1. The van der Waals surface area contributed by atoms with Gasteiger partial charge in [-0.1, -0.05) is 19.1 Å². The van der Waals surface area contributed by atoms with Gasteiger partial charge in [0.15, 0.2) is 0 Å².